The molecule has 1 aromatic carbocycles. The summed E-state index contributed by atoms with van der Waals surface area (Å²) in [7, 11) is 1.75. The average Bonchev–Trinajstić information content (AvgIpc) is 2.77. The van der Waals surface area contributed by atoms with E-state index in [1.165, 1.54) is 0 Å². The summed E-state index contributed by atoms with van der Waals surface area (Å²) in [6.07, 6.45) is 3.96. The molecule has 164 valence electrons. The maximum Gasteiger partial charge on any atom is 0.258 e. The molecule has 0 spiro atoms. The molecule has 0 saturated carbocycles. The average molecular weight is 461 g/mol. The Hall–Kier alpha value is -2.12. The van der Waals surface area contributed by atoms with Crippen LogP contribution < -0.4 is 10.9 Å². The smallest absolute Gasteiger partial charge is 0.258 e. The Labute approximate surface area is 191 Å². The van der Waals surface area contributed by atoms with Gasteiger partial charge in [-0.15, -0.1) is 0 Å². The third kappa shape index (κ3) is 5.04. The Bertz CT molecular complexity index is 1110. The van der Waals surface area contributed by atoms with E-state index in [2.05, 4.69) is 15.2 Å². The SMILES string of the molecule is Cn1c(=O)c(-c2c(Cl)cccc2Cl)cc2cnc(NCCCCN3CCOCC3)cc21. The first-order chi connectivity index (χ1) is 15.0. The number of benzene rings is 1. The highest BCUT2D eigenvalue weighted by Gasteiger charge is 2.15. The van der Waals surface area contributed by atoms with Crippen LogP contribution in [0.3, 0.4) is 0 Å². The topological polar surface area (TPSA) is 59.4 Å². The van der Waals surface area contributed by atoms with Crippen molar-refractivity contribution in [2.75, 3.05) is 44.7 Å². The standard InChI is InChI=1S/C23H26Cl2N4O2/c1-28-20-14-21(26-7-2-3-8-29-9-11-31-12-10-29)27-15-16(20)13-17(23(28)30)22-18(24)5-4-6-19(22)25/h4-6,13-15H,2-3,7-12H2,1H3,(H,26,27). The molecule has 3 aromatic rings. The van der Waals surface area contributed by atoms with Gasteiger partial charge in [0.25, 0.3) is 5.56 Å². The molecule has 0 radical (unpaired) electrons. The number of unbranched alkanes of at least 4 members (excludes halogenated alkanes) is 1. The number of hydrogen-bond donors (Lipinski definition) is 1. The summed E-state index contributed by atoms with van der Waals surface area (Å²) in [5.74, 6) is 0.761. The van der Waals surface area contributed by atoms with Gasteiger partial charge in [-0.05, 0) is 37.6 Å². The van der Waals surface area contributed by atoms with Crippen molar-refractivity contribution in [3.8, 4) is 11.1 Å². The summed E-state index contributed by atoms with van der Waals surface area (Å²) in [4.78, 5) is 20.0. The minimum absolute atomic E-state index is 0.148. The highest BCUT2D eigenvalue weighted by atomic mass is 35.5. The van der Waals surface area contributed by atoms with Gasteiger partial charge in [0.2, 0.25) is 0 Å². The van der Waals surface area contributed by atoms with E-state index >= 15 is 0 Å². The van der Waals surface area contributed by atoms with Crippen LogP contribution in [0.5, 0.6) is 0 Å². The molecular weight excluding hydrogens is 435 g/mol. The number of rotatable bonds is 7. The van der Waals surface area contributed by atoms with Crippen LogP contribution >= 0.6 is 23.2 Å². The van der Waals surface area contributed by atoms with E-state index in [1.54, 1.807) is 36.0 Å². The second kappa shape index (κ2) is 10.0. The van der Waals surface area contributed by atoms with Crippen LogP contribution in [0.15, 0.2) is 41.3 Å². The lowest BCUT2D eigenvalue weighted by Crippen LogP contribution is -2.36. The molecule has 4 rings (SSSR count). The Morgan fingerprint density at radius 3 is 2.61 bits per heavy atom. The number of nitrogens with one attached hydrogen (secondary N) is 1. The molecule has 6 nitrogen and oxygen atoms in total. The quantitative estimate of drug-likeness (QED) is 0.528. The fourth-order valence-electron chi connectivity index (χ4n) is 3.90. The van der Waals surface area contributed by atoms with Gasteiger partial charge in [0.05, 0.1) is 34.3 Å². The molecule has 1 saturated heterocycles. The number of halogens is 2. The van der Waals surface area contributed by atoms with E-state index in [9.17, 15) is 4.79 Å². The van der Waals surface area contributed by atoms with Gasteiger partial charge in [-0.1, -0.05) is 29.3 Å². The molecule has 3 heterocycles. The van der Waals surface area contributed by atoms with E-state index in [0.29, 0.717) is 21.2 Å². The van der Waals surface area contributed by atoms with E-state index < -0.39 is 0 Å². The molecule has 0 bridgehead atoms. The van der Waals surface area contributed by atoms with Crippen LogP contribution in [0.4, 0.5) is 5.82 Å². The van der Waals surface area contributed by atoms with Crippen molar-refractivity contribution in [1.29, 1.82) is 0 Å². The van der Waals surface area contributed by atoms with Crippen LogP contribution in [0.2, 0.25) is 10.0 Å². The largest absolute Gasteiger partial charge is 0.379 e. The van der Waals surface area contributed by atoms with Crippen molar-refractivity contribution in [3.05, 3.63) is 56.9 Å². The first kappa shape index (κ1) is 22.1. The molecule has 1 N–H and O–H groups in total. The fourth-order valence-corrected chi connectivity index (χ4v) is 4.50. The monoisotopic (exact) mass is 460 g/mol. The summed E-state index contributed by atoms with van der Waals surface area (Å²) < 4.78 is 7.00. The molecule has 8 heteroatoms. The van der Waals surface area contributed by atoms with Gasteiger partial charge in [0, 0.05) is 49.9 Å². The van der Waals surface area contributed by atoms with Crippen LogP contribution in [0, 0.1) is 0 Å². The lowest BCUT2D eigenvalue weighted by atomic mass is 10.1. The molecule has 0 amide bonds. The van der Waals surface area contributed by atoms with Gasteiger partial charge in [-0.25, -0.2) is 4.98 Å². The van der Waals surface area contributed by atoms with E-state index in [1.807, 2.05) is 12.1 Å². The minimum atomic E-state index is -0.148. The fraction of sp³-hybridized carbons (Fsp3) is 0.391. The minimum Gasteiger partial charge on any atom is -0.379 e. The number of pyridine rings is 2. The number of aryl methyl sites for hydroxylation is 1. The number of hydrogen-bond acceptors (Lipinski definition) is 5. The highest BCUT2D eigenvalue weighted by Crippen LogP contribution is 2.34. The predicted molar refractivity (Wildman–Crippen MR) is 127 cm³/mol. The lowest BCUT2D eigenvalue weighted by Gasteiger charge is -2.26. The number of morpholine rings is 1. The van der Waals surface area contributed by atoms with Crippen molar-refractivity contribution >= 4 is 39.9 Å². The van der Waals surface area contributed by atoms with Crippen LogP contribution in [0.25, 0.3) is 22.0 Å². The Kier molecular flexibility index (Phi) is 7.13. The van der Waals surface area contributed by atoms with Gasteiger partial charge in [0.1, 0.15) is 5.82 Å². The van der Waals surface area contributed by atoms with Crippen molar-refractivity contribution in [3.63, 3.8) is 0 Å². The molecule has 2 aromatic heterocycles. The maximum atomic E-state index is 13.0. The zero-order valence-electron chi connectivity index (χ0n) is 17.5. The molecule has 31 heavy (non-hydrogen) atoms. The Morgan fingerprint density at radius 1 is 1.13 bits per heavy atom. The van der Waals surface area contributed by atoms with Crippen LogP contribution in [0.1, 0.15) is 12.8 Å². The summed E-state index contributed by atoms with van der Waals surface area (Å²) in [5, 5.41) is 5.13. The summed E-state index contributed by atoms with van der Waals surface area (Å²) in [6, 6.07) is 8.95. The number of anilines is 1. The first-order valence-electron chi connectivity index (χ1n) is 10.5. The molecule has 1 aliphatic heterocycles. The number of aromatic nitrogens is 2. The molecular formula is C23H26Cl2N4O2. The van der Waals surface area contributed by atoms with E-state index in [-0.39, 0.29) is 5.56 Å². The third-order valence-electron chi connectivity index (χ3n) is 5.65. The zero-order valence-corrected chi connectivity index (χ0v) is 19.0. The van der Waals surface area contributed by atoms with Crippen molar-refractivity contribution in [2.45, 2.75) is 12.8 Å². The number of fused-ring (bicyclic) bond motifs is 1. The molecule has 0 aliphatic carbocycles. The second-order valence-corrected chi connectivity index (χ2v) is 8.55. The van der Waals surface area contributed by atoms with Gasteiger partial charge >= 0.3 is 0 Å². The molecule has 0 atom stereocenters. The predicted octanol–water partition coefficient (Wildman–Crippen LogP) is 4.43. The van der Waals surface area contributed by atoms with Crippen LogP contribution in [-0.4, -0.2) is 53.8 Å². The lowest BCUT2D eigenvalue weighted by molar-refractivity contribution is 0.0373. The van der Waals surface area contributed by atoms with E-state index in [4.69, 9.17) is 27.9 Å². The van der Waals surface area contributed by atoms with Crippen molar-refractivity contribution in [2.24, 2.45) is 7.05 Å². The summed E-state index contributed by atoms with van der Waals surface area (Å²) >= 11 is 12.7. The molecule has 1 aliphatic rings. The number of nitrogens with zero attached hydrogens (tertiary/aromatic N) is 3. The van der Waals surface area contributed by atoms with Gasteiger partial charge in [-0.3, -0.25) is 9.69 Å². The van der Waals surface area contributed by atoms with Gasteiger partial charge in [-0.2, -0.15) is 0 Å². The summed E-state index contributed by atoms with van der Waals surface area (Å²) in [6.45, 7) is 5.65. The first-order valence-corrected chi connectivity index (χ1v) is 11.3. The second-order valence-electron chi connectivity index (χ2n) is 7.74. The maximum absolute atomic E-state index is 13.0. The Balaban J connectivity index is 1.47. The van der Waals surface area contributed by atoms with Crippen LogP contribution in [-0.2, 0) is 11.8 Å². The Morgan fingerprint density at radius 2 is 1.87 bits per heavy atom. The van der Waals surface area contributed by atoms with Crippen molar-refractivity contribution < 1.29 is 4.74 Å². The summed E-state index contributed by atoms with van der Waals surface area (Å²) in [5.41, 5.74) is 1.68. The van der Waals surface area contributed by atoms with Gasteiger partial charge < -0.3 is 14.6 Å². The highest BCUT2D eigenvalue weighted by molar-refractivity contribution is 6.39. The van der Waals surface area contributed by atoms with E-state index in [0.717, 1.165) is 69.0 Å². The molecule has 1 fully saturated rings. The van der Waals surface area contributed by atoms with Gasteiger partial charge in [0.15, 0.2) is 0 Å². The zero-order chi connectivity index (χ0) is 21.8. The number of ether oxygens (including phenoxy) is 1. The third-order valence-corrected chi connectivity index (χ3v) is 6.28. The normalized spacial score (nSPS) is 14.8. The molecule has 0 unspecified atom stereocenters. The van der Waals surface area contributed by atoms with Crippen molar-refractivity contribution in [1.82, 2.24) is 14.5 Å².